The van der Waals surface area contributed by atoms with Gasteiger partial charge in [-0.1, -0.05) is 24.3 Å². The Balaban J connectivity index is 1.43. The lowest BCUT2D eigenvalue weighted by Gasteiger charge is -2.43. The second-order valence-electron chi connectivity index (χ2n) is 7.56. The minimum absolute atomic E-state index is 0.277. The zero-order chi connectivity index (χ0) is 20.7. The first-order chi connectivity index (χ1) is 14.5. The molecule has 1 saturated carbocycles. The summed E-state index contributed by atoms with van der Waals surface area (Å²) in [5, 5.41) is 2.50. The predicted octanol–water partition coefficient (Wildman–Crippen LogP) is 5.36. The Morgan fingerprint density at radius 1 is 1.00 bits per heavy atom. The number of rotatable bonds is 3. The Labute approximate surface area is 172 Å². The van der Waals surface area contributed by atoms with Crippen molar-refractivity contribution in [3.05, 3.63) is 95.3 Å². The summed E-state index contributed by atoms with van der Waals surface area (Å²) in [5.41, 5.74) is 2.15. The number of pyridine rings is 1. The normalized spacial score (nSPS) is 16.1. The molecule has 0 unspecified atom stereocenters. The molecule has 1 aromatic heterocycles. The van der Waals surface area contributed by atoms with Gasteiger partial charge in [0.25, 0.3) is 5.91 Å². The van der Waals surface area contributed by atoms with E-state index in [1.807, 2.05) is 24.3 Å². The molecule has 1 fully saturated rings. The Morgan fingerprint density at radius 3 is 2.43 bits per heavy atom. The van der Waals surface area contributed by atoms with Crippen LogP contribution in [0.4, 0.5) is 14.5 Å². The fourth-order valence-corrected chi connectivity index (χ4v) is 3.89. The van der Waals surface area contributed by atoms with E-state index in [9.17, 15) is 13.6 Å². The van der Waals surface area contributed by atoms with Gasteiger partial charge in [-0.05, 0) is 55.7 Å². The van der Waals surface area contributed by atoms with Gasteiger partial charge in [-0.25, -0.2) is 8.78 Å². The number of carbonyl (C=O) groups is 1. The van der Waals surface area contributed by atoms with E-state index in [-0.39, 0.29) is 5.60 Å². The van der Waals surface area contributed by atoms with Crippen LogP contribution in [-0.2, 0) is 0 Å². The number of amides is 1. The largest absolute Gasteiger partial charge is 0.483 e. The van der Waals surface area contributed by atoms with Gasteiger partial charge in [-0.3, -0.25) is 9.78 Å². The number of para-hydroxylation sites is 1. The van der Waals surface area contributed by atoms with Crippen LogP contribution in [0.2, 0.25) is 0 Å². The van der Waals surface area contributed by atoms with Gasteiger partial charge in [-0.15, -0.1) is 0 Å². The number of aromatic nitrogens is 1. The molecule has 2 aromatic carbocycles. The molecular weight excluding hydrogens is 386 g/mol. The fourth-order valence-electron chi connectivity index (χ4n) is 3.89. The molecule has 0 radical (unpaired) electrons. The Hall–Kier alpha value is -3.54. The molecule has 1 aliphatic carbocycles. The van der Waals surface area contributed by atoms with Gasteiger partial charge < -0.3 is 10.1 Å². The number of benzene rings is 2. The maximum Gasteiger partial charge on any atom is 0.261 e. The SMILES string of the molecule is O=C(Nc1ccc(C2=CC3(CCC3)Oc3ccccc32)nc1)c1c(F)cccc1F. The van der Waals surface area contributed by atoms with Gasteiger partial charge in [-0.2, -0.15) is 0 Å². The van der Waals surface area contributed by atoms with Crippen LogP contribution in [0.25, 0.3) is 5.57 Å². The monoisotopic (exact) mass is 404 g/mol. The molecule has 0 bridgehead atoms. The van der Waals surface area contributed by atoms with Gasteiger partial charge in [0.05, 0.1) is 17.6 Å². The third-order valence-corrected chi connectivity index (χ3v) is 5.58. The van der Waals surface area contributed by atoms with E-state index >= 15 is 0 Å². The van der Waals surface area contributed by atoms with Crippen LogP contribution in [0.15, 0.2) is 66.9 Å². The summed E-state index contributed by atoms with van der Waals surface area (Å²) in [6.45, 7) is 0. The molecular formula is C24H18F2N2O2. The quantitative estimate of drug-likeness (QED) is 0.640. The highest BCUT2D eigenvalue weighted by Gasteiger charge is 2.41. The van der Waals surface area contributed by atoms with Crippen molar-refractivity contribution in [2.24, 2.45) is 0 Å². The minimum atomic E-state index is -0.910. The molecule has 1 N–H and O–H groups in total. The van der Waals surface area contributed by atoms with Crippen LogP contribution in [0.1, 0.15) is 40.9 Å². The Morgan fingerprint density at radius 2 is 1.77 bits per heavy atom. The molecule has 5 rings (SSSR count). The molecule has 6 heteroatoms. The number of anilines is 1. The number of halogens is 2. The molecule has 0 saturated heterocycles. The standard InChI is InChI=1S/C24H18F2N2O2/c25-18-6-3-7-19(26)22(18)23(29)28-15-9-10-20(27-14-15)17-13-24(11-4-12-24)30-21-8-2-1-5-16(17)21/h1-3,5-10,13-14H,4,11-12H2,(H,28,29). The molecule has 4 nitrogen and oxygen atoms in total. The smallest absolute Gasteiger partial charge is 0.261 e. The van der Waals surface area contributed by atoms with Gasteiger partial charge in [0.1, 0.15) is 28.5 Å². The maximum absolute atomic E-state index is 13.8. The zero-order valence-electron chi connectivity index (χ0n) is 16.0. The van der Waals surface area contributed by atoms with Crippen LogP contribution >= 0.6 is 0 Å². The van der Waals surface area contributed by atoms with Crippen molar-refractivity contribution >= 4 is 17.2 Å². The second-order valence-corrected chi connectivity index (χ2v) is 7.56. The van der Waals surface area contributed by atoms with Crippen LogP contribution in [0.5, 0.6) is 5.75 Å². The number of hydrogen-bond donors (Lipinski definition) is 1. The van der Waals surface area contributed by atoms with Crippen LogP contribution in [0.3, 0.4) is 0 Å². The summed E-state index contributed by atoms with van der Waals surface area (Å²) in [7, 11) is 0. The van der Waals surface area contributed by atoms with E-state index in [1.54, 1.807) is 12.1 Å². The van der Waals surface area contributed by atoms with E-state index in [2.05, 4.69) is 16.4 Å². The average Bonchev–Trinajstić information content (AvgIpc) is 2.72. The number of hydrogen-bond acceptors (Lipinski definition) is 3. The molecule has 0 atom stereocenters. The van der Waals surface area contributed by atoms with Gasteiger partial charge in [0.15, 0.2) is 0 Å². The number of ether oxygens (including phenoxy) is 1. The Bertz CT molecular complexity index is 1150. The highest BCUT2D eigenvalue weighted by Crippen LogP contribution is 2.46. The Kier molecular flexibility index (Phi) is 4.35. The van der Waals surface area contributed by atoms with Crippen LogP contribution in [0, 0.1) is 11.6 Å². The van der Waals surface area contributed by atoms with E-state index in [0.29, 0.717) is 5.69 Å². The van der Waals surface area contributed by atoms with Crippen molar-refractivity contribution in [3.63, 3.8) is 0 Å². The van der Waals surface area contributed by atoms with Gasteiger partial charge in [0.2, 0.25) is 0 Å². The molecule has 2 heterocycles. The van der Waals surface area contributed by atoms with E-state index in [4.69, 9.17) is 4.74 Å². The molecule has 1 amide bonds. The molecule has 1 spiro atoms. The first-order valence-electron chi connectivity index (χ1n) is 9.78. The molecule has 150 valence electrons. The second kappa shape index (κ2) is 7.06. The van der Waals surface area contributed by atoms with Gasteiger partial charge in [0, 0.05) is 11.1 Å². The number of nitrogens with one attached hydrogen (secondary N) is 1. The van der Waals surface area contributed by atoms with Crippen molar-refractivity contribution in [1.29, 1.82) is 0 Å². The highest BCUT2D eigenvalue weighted by atomic mass is 19.1. The molecule has 1 aliphatic heterocycles. The summed E-state index contributed by atoms with van der Waals surface area (Å²) >= 11 is 0. The minimum Gasteiger partial charge on any atom is -0.483 e. The lowest BCUT2D eigenvalue weighted by Crippen LogP contribution is -2.43. The first kappa shape index (κ1) is 18.5. The topological polar surface area (TPSA) is 51.2 Å². The third-order valence-electron chi connectivity index (χ3n) is 5.58. The zero-order valence-corrected chi connectivity index (χ0v) is 16.0. The average molecular weight is 404 g/mol. The molecule has 3 aromatic rings. The maximum atomic E-state index is 13.8. The molecule has 30 heavy (non-hydrogen) atoms. The number of nitrogens with zero attached hydrogens (tertiary/aromatic N) is 1. The van der Waals surface area contributed by atoms with Crippen molar-refractivity contribution < 1.29 is 18.3 Å². The van der Waals surface area contributed by atoms with Crippen molar-refractivity contribution in [2.45, 2.75) is 24.9 Å². The highest BCUT2D eigenvalue weighted by molar-refractivity contribution is 6.04. The van der Waals surface area contributed by atoms with Crippen molar-refractivity contribution in [1.82, 2.24) is 4.98 Å². The third kappa shape index (κ3) is 3.14. The van der Waals surface area contributed by atoms with Crippen LogP contribution in [-0.4, -0.2) is 16.5 Å². The summed E-state index contributed by atoms with van der Waals surface area (Å²) in [6.07, 6.45) is 6.67. The van der Waals surface area contributed by atoms with Crippen molar-refractivity contribution in [2.75, 3.05) is 5.32 Å². The number of fused-ring (bicyclic) bond motifs is 1. The first-order valence-corrected chi connectivity index (χ1v) is 9.78. The summed E-state index contributed by atoms with van der Waals surface area (Å²) in [4.78, 5) is 16.8. The van der Waals surface area contributed by atoms with Crippen LogP contribution < -0.4 is 10.1 Å². The summed E-state index contributed by atoms with van der Waals surface area (Å²) in [6, 6.07) is 14.6. The van der Waals surface area contributed by atoms with E-state index < -0.39 is 23.1 Å². The predicted molar refractivity (Wildman–Crippen MR) is 109 cm³/mol. The number of carbonyl (C=O) groups excluding carboxylic acids is 1. The molecule has 2 aliphatic rings. The van der Waals surface area contributed by atoms with E-state index in [0.717, 1.165) is 54.0 Å². The summed E-state index contributed by atoms with van der Waals surface area (Å²) in [5.74, 6) is -1.84. The lowest BCUT2D eigenvalue weighted by molar-refractivity contribution is 0.0376. The summed E-state index contributed by atoms with van der Waals surface area (Å²) < 4.78 is 33.9. The van der Waals surface area contributed by atoms with E-state index in [1.165, 1.54) is 12.3 Å². The van der Waals surface area contributed by atoms with Crippen molar-refractivity contribution in [3.8, 4) is 5.75 Å². The lowest BCUT2D eigenvalue weighted by atomic mass is 9.76. The fraction of sp³-hybridized carbons (Fsp3) is 0.167. The van der Waals surface area contributed by atoms with Gasteiger partial charge >= 0.3 is 0 Å².